The molecule has 0 amide bonds. The van der Waals surface area contributed by atoms with E-state index in [9.17, 15) is 0 Å². The second-order valence-corrected chi connectivity index (χ2v) is 8.20. The Balaban J connectivity index is 0.00000261. The van der Waals surface area contributed by atoms with E-state index in [0.717, 1.165) is 83.5 Å². The Morgan fingerprint density at radius 3 is 2.63 bits per heavy atom. The first kappa shape index (κ1) is 22.8. The van der Waals surface area contributed by atoms with Gasteiger partial charge in [-0.05, 0) is 26.0 Å². The van der Waals surface area contributed by atoms with Crippen LogP contribution in [-0.4, -0.2) is 84.4 Å². The molecule has 3 heterocycles. The smallest absolute Gasteiger partial charge is 0.194 e. The molecule has 0 unspecified atom stereocenters. The Hall–Kier alpha value is -0.520. The number of guanidine groups is 1. The van der Waals surface area contributed by atoms with Crippen molar-refractivity contribution in [1.29, 1.82) is 0 Å². The highest BCUT2D eigenvalue weighted by molar-refractivity contribution is 14.0. The molecule has 0 radical (unpaired) electrons. The minimum absolute atomic E-state index is 0. The van der Waals surface area contributed by atoms with Crippen LogP contribution in [0.15, 0.2) is 21.8 Å². The van der Waals surface area contributed by atoms with Crippen molar-refractivity contribution in [2.75, 3.05) is 58.7 Å². The fourth-order valence-electron chi connectivity index (χ4n) is 3.48. The summed E-state index contributed by atoms with van der Waals surface area (Å²) in [5.74, 6) is 1.05. The minimum Gasteiger partial charge on any atom is -0.381 e. The second-order valence-electron chi connectivity index (χ2n) is 6.92. The standard InChI is InChI=1S/C18H31N5O2S.HI/c1-3-19-17(20-15-18(26-2)5-12-24-13-6-18)23-9-7-22(8-10-23)14-16-4-11-25-21-16;/h4,11H,3,5-10,12-15H2,1-2H3,(H,19,20);1H. The third-order valence-corrected chi connectivity index (χ3v) is 6.64. The number of rotatable bonds is 6. The van der Waals surface area contributed by atoms with Gasteiger partial charge in [-0.1, -0.05) is 5.16 Å². The zero-order chi connectivity index (χ0) is 18.2. The Morgan fingerprint density at radius 1 is 1.30 bits per heavy atom. The number of hydrogen-bond acceptors (Lipinski definition) is 6. The monoisotopic (exact) mass is 509 g/mol. The van der Waals surface area contributed by atoms with Gasteiger partial charge in [0, 0.05) is 63.3 Å². The van der Waals surface area contributed by atoms with Gasteiger partial charge < -0.3 is 19.5 Å². The average Bonchev–Trinajstić information content (AvgIpc) is 3.20. The SMILES string of the molecule is CCNC(=NCC1(SC)CCOCC1)N1CCN(Cc2ccon2)CC1.I. The van der Waals surface area contributed by atoms with Gasteiger partial charge in [0.15, 0.2) is 5.96 Å². The first-order valence-electron chi connectivity index (χ1n) is 9.52. The molecule has 2 aliphatic rings. The number of halogens is 1. The zero-order valence-electron chi connectivity index (χ0n) is 16.4. The van der Waals surface area contributed by atoms with E-state index in [1.54, 1.807) is 6.26 Å². The van der Waals surface area contributed by atoms with E-state index >= 15 is 0 Å². The molecule has 27 heavy (non-hydrogen) atoms. The Morgan fingerprint density at radius 2 is 2.04 bits per heavy atom. The number of hydrogen-bond donors (Lipinski definition) is 1. The van der Waals surface area contributed by atoms with Gasteiger partial charge in [0.05, 0.1) is 12.2 Å². The number of aromatic nitrogens is 1. The summed E-state index contributed by atoms with van der Waals surface area (Å²) in [7, 11) is 0. The maximum Gasteiger partial charge on any atom is 0.194 e. The highest BCUT2D eigenvalue weighted by Crippen LogP contribution is 2.34. The summed E-state index contributed by atoms with van der Waals surface area (Å²) in [6.07, 6.45) is 6.01. The normalized spacial score (nSPS) is 21.0. The maximum atomic E-state index is 5.55. The second kappa shape index (κ2) is 11.5. The van der Waals surface area contributed by atoms with Crippen LogP contribution in [0.2, 0.25) is 0 Å². The summed E-state index contributed by atoms with van der Waals surface area (Å²) < 4.78 is 10.7. The van der Waals surface area contributed by atoms with Gasteiger partial charge in [-0.25, -0.2) is 0 Å². The van der Waals surface area contributed by atoms with E-state index in [0.29, 0.717) is 0 Å². The van der Waals surface area contributed by atoms with Gasteiger partial charge in [-0.2, -0.15) is 11.8 Å². The Kier molecular flexibility index (Phi) is 9.67. The Bertz CT molecular complexity index is 558. The van der Waals surface area contributed by atoms with Crippen molar-refractivity contribution in [2.24, 2.45) is 4.99 Å². The highest BCUT2D eigenvalue weighted by atomic mass is 127. The molecule has 2 aliphatic heterocycles. The topological polar surface area (TPSA) is 66.1 Å². The zero-order valence-corrected chi connectivity index (χ0v) is 19.5. The third kappa shape index (κ3) is 6.50. The van der Waals surface area contributed by atoms with Crippen LogP contribution >= 0.6 is 35.7 Å². The fourth-order valence-corrected chi connectivity index (χ4v) is 4.25. The van der Waals surface area contributed by atoms with Crippen LogP contribution < -0.4 is 5.32 Å². The van der Waals surface area contributed by atoms with Crippen LogP contribution in [0.1, 0.15) is 25.5 Å². The molecule has 0 atom stereocenters. The van der Waals surface area contributed by atoms with Crippen molar-refractivity contribution in [3.05, 3.63) is 18.0 Å². The first-order chi connectivity index (χ1) is 12.7. The predicted molar refractivity (Wildman–Crippen MR) is 121 cm³/mol. The summed E-state index contributed by atoms with van der Waals surface area (Å²) in [6.45, 7) is 10.5. The lowest BCUT2D eigenvalue weighted by Crippen LogP contribution is -2.52. The number of piperazine rings is 1. The molecule has 1 N–H and O–H groups in total. The van der Waals surface area contributed by atoms with Crippen LogP contribution in [-0.2, 0) is 11.3 Å². The van der Waals surface area contributed by atoms with Crippen LogP contribution in [0.5, 0.6) is 0 Å². The van der Waals surface area contributed by atoms with Gasteiger partial charge in [0.1, 0.15) is 6.26 Å². The summed E-state index contributed by atoms with van der Waals surface area (Å²) in [5.41, 5.74) is 1.00. The van der Waals surface area contributed by atoms with E-state index in [-0.39, 0.29) is 28.7 Å². The molecule has 2 saturated heterocycles. The van der Waals surface area contributed by atoms with Crippen LogP contribution in [0.25, 0.3) is 0 Å². The molecule has 7 nitrogen and oxygen atoms in total. The number of aliphatic imine (C=N–C) groups is 1. The van der Waals surface area contributed by atoms with Crippen molar-refractivity contribution in [2.45, 2.75) is 31.1 Å². The molecule has 154 valence electrons. The van der Waals surface area contributed by atoms with E-state index in [4.69, 9.17) is 14.3 Å². The van der Waals surface area contributed by atoms with E-state index in [2.05, 4.69) is 33.5 Å². The molecule has 1 aromatic rings. The van der Waals surface area contributed by atoms with Gasteiger partial charge in [-0.15, -0.1) is 24.0 Å². The van der Waals surface area contributed by atoms with Crippen LogP contribution in [0, 0.1) is 0 Å². The van der Waals surface area contributed by atoms with Crippen LogP contribution in [0.3, 0.4) is 0 Å². The van der Waals surface area contributed by atoms with Crippen molar-refractivity contribution in [3.8, 4) is 0 Å². The molecule has 0 saturated carbocycles. The molecule has 0 aromatic carbocycles. The van der Waals surface area contributed by atoms with Crippen LogP contribution in [0.4, 0.5) is 0 Å². The molecule has 0 bridgehead atoms. The van der Waals surface area contributed by atoms with Crippen molar-refractivity contribution in [1.82, 2.24) is 20.3 Å². The molecular formula is C18H32IN5O2S. The highest BCUT2D eigenvalue weighted by Gasteiger charge is 2.32. The molecule has 3 rings (SSSR count). The van der Waals surface area contributed by atoms with E-state index in [1.807, 2.05) is 17.8 Å². The van der Waals surface area contributed by atoms with Gasteiger partial charge in [0.2, 0.25) is 0 Å². The fraction of sp³-hybridized carbons (Fsp3) is 0.778. The van der Waals surface area contributed by atoms with E-state index in [1.165, 1.54) is 0 Å². The van der Waals surface area contributed by atoms with E-state index < -0.39 is 0 Å². The lowest BCUT2D eigenvalue weighted by Gasteiger charge is -2.38. The summed E-state index contributed by atoms with van der Waals surface area (Å²) in [5, 5.41) is 7.50. The Labute approximate surface area is 183 Å². The molecule has 1 aromatic heterocycles. The quantitative estimate of drug-likeness (QED) is 0.359. The lowest BCUT2D eigenvalue weighted by atomic mass is 9.99. The van der Waals surface area contributed by atoms with Gasteiger partial charge >= 0.3 is 0 Å². The maximum absolute atomic E-state index is 5.55. The van der Waals surface area contributed by atoms with Gasteiger partial charge in [-0.3, -0.25) is 9.89 Å². The summed E-state index contributed by atoms with van der Waals surface area (Å²) >= 11 is 1.94. The number of nitrogens with one attached hydrogen (secondary N) is 1. The third-order valence-electron chi connectivity index (χ3n) is 5.24. The summed E-state index contributed by atoms with van der Waals surface area (Å²) in [4.78, 5) is 9.82. The van der Waals surface area contributed by atoms with Gasteiger partial charge in [0.25, 0.3) is 0 Å². The molecule has 9 heteroatoms. The largest absolute Gasteiger partial charge is 0.381 e. The van der Waals surface area contributed by atoms with Crippen molar-refractivity contribution < 1.29 is 9.26 Å². The first-order valence-corrected chi connectivity index (χ1v) is 10.7. The predicted octanol–water partition coefficient (Wildman–Crippen LogP) is 2.29. The summed E-state index contributed by atoms with van der Waals surface area (Å²) in [6, 6.07) is 1.94. The molecule has 2 fully saturated rings. The molecule has 0 aliphatic carbocycles. The lowest BCUT2D eigenvalue weighted by molar-refractivity contribution is 0.0793. The minimum atomic E-state index is 0. The number of thioether (sulfide) groups is 1. The van der Waals surface area contributed by atoms with Crippen molar-refractivity contribution >= 4 is 41.7 Å². The van der Waals surface area contributed by atoms with Crippen molar-refractivity contribution in [3.63, 3.8) is 0 Å². The number of ether oxygens (including phenoxy) is 1. The molecule has 0 spiro atoms. The number of nitrogens with zero attached hydrogens (tertiary/aromatic N) is 4. The average molecular weight is 509 g/mol. The molecular weight excluding hydrogens is 477 g/mol.